The molecule has 0 bridgehead atoms. The second kappa shape index (κ2) is 1.95. The normalized spacial score (nSPS) is 43.8. The lowest BCUT2D eigenvalue weighted by molar-refractivity contribution is -0.205. The third-order valence-electron chi connectivity index (χ3n) is 2.36. The average molecular weight is 142 g/mol. The summed E-state index contributed by atoms with van der Waals surface area (Å²) in [4.78, 5) is 0. The van der Waals surface area contributed by atoms with Crippen molar-refractivity contribution in [2.75, 3.05) is 13.2 Å². The van der Waals surface area contributed by atoms with Gasteiger partial charge in [0.25, 0.3) is 0 Å². The lowest BCUT2D eigenvalue weighted by Gasteiger charge is -2.23. The number of hydrogen-bond donors (Lipinski definition) is 0. The van der Waals surface area contributed by atoms with Gasteiger partial charge in [-0.15, -0.1) is 0 Å². The van der Waals surface area contributed by atoms with E-state index in [9.17, 15) is 0 Å². The molecule has 10 heavy (non-hydrogen) atoms. The molecular weight excluding hydrogens is 128 g/mol. The van der Waals surface area contributed by atoms with Gasteiger partial charge < -0.3 is 9.47 Å². The molecule has 0 aromatic rings. The quantitative estimate of drug-likeness (QED) is 0.509. The molecule has 0 aromatic heterocycles. The third kappa shape index (κ3) is 1.18. The Morgan fingerprint density at radius 2 is 1.60 bits per heavy atom. The van der Waals surface area contributed by atoms with Gasteiger partial charge >= 0.3 is 0 Å². The zero-order valence-corrected chi connectivity index (χ0v) is 6.59. The molecule has 1 heterocycles. The minimum Gasteiger partial charge on any atom is -0.350 e. The van der Waals surface area contributed by atoms with Crippen LogP contribution in [-0.2, 0) is 9.47 Å². The molecule has 1 aliphatic heterocycles. The van der Waals surface area contributed by atoms with Crippen LogP contribution < -0.4 is 0 Å². The Bertz CT molecular complexity index is 128. The predicted octanol–water partition coefficient (Wildman–Crippen LogP) is 1.41. The molecule has 1 saturated heterocycles. The number of hydrogen-bond acceptors (Lipinski definition) is 2. The van der Waals surface area contributed by atoms with Gasteiger partial charge in [-0.25, -0.2) is 0 Å². The molecule has 0 N–H and O–H groups in total. The van der Waals surface area contributed by atoms with Crippen molar-refractivity contribution in [1.29, 1.82) is 0 Å². The third-order valence-corrected chi connectivity index (χ3v) is 2.36. The van der Waals surface area contributed by atoms with Crippen molar-refractivity contribution in [2.24, 2.45) is 11.8 Å². The summed E-state index contributed by atoms with van der Waals surface area (Å²) in [5, 5.41) is 0. The fourth-order valence-electron chi connectivity index (χ4n) is 1.38. The van der Waals surface area contributed by atoms with Gasteiger partial charge in [-0.1, -0.05) is 0 Å². The van der Waals surface area contributed by atoms with Crippen molar-refractivity contribution < 1.29 is 9.47 Å². The number of rotatable bonds is 0. The van der Waals surface area contributed by atoms with Crippen LogP contribution in [0.15, 0.2) is 0 Å². The molecule has 0 aromatic carbocycles. The van der Waals surface area contributed by atoms with Crippen LogP contribution >= 0.6 is 0 Å². The van der Waals surface area contributed by atoms with E-state index in [4.69, 9.17) is 9.47 Å². The van der Waals surface area contributed by atoms with Gasteiger partial charge in [0.15, 0.2) is 5.79 Å². The zero-order chi connectivity index (χ0) is 7.19. The van der Waals surface area contributed by atoms with Crippen LogP contribution in [0.2, 0.25) is 0 Å². The van der Waals surface area contributed by atoms with Crippen LogP contribution in [0.1, 0.15) is 20.3 Å². The van der Waals surface area contributed by atoms with Gasteiger partial charge in [0.1, 0.15) is 0 Å². The van der Waals surface area contributed by atoms with Crippen LogP contribution in [0, 0.1) is 11.8 Å². The van der Waals surface area contributed by atoms with E-state index < -0.39 is 0 Å². The second-order valence-electron chi connectivity index (χ2n) is 3.78. The summed E-state index contributed by atoms with van der Waals surface area (Å²) in [5.74, 6) is 1.29. The molecule has 1 saturated carbocycles. The van der Waals surface area contributed by atoms with Gasteiger partial charge in [-0.2, -0.15) is 0 Å². The Morgan fingerprint density at radius 3 is 2.10 bits per heavy atom. The Hall–Kier alpha value is -0.0800. The van der Waals surface area contributed by atoms with Crippen LogP contribution in [0.4, 0.5) is 0 Å². The van der Waals surface area contributed by atoms with Crippen molar-refractivity contribution in [1.82, 2.24) is 0 Å². The van der Waals surface area contributed by atoms with Crippen LogP contribution in [0.5, 0.6) is 0 Å². The van der Waals surface area contributed by atoms with E-state index in [0.717, 1.165) is 25.0 Å². The van der Waals surface area contributed by atoms with E-state index in [2.05, 4.69) is 0 Å². The average Bonchev–Trinajstić information content (AvgIpc) is 2.56. The SMILES string of the molecule is CC1(C)OCC2CC2CO1. The number of fused-ring (bicyclic) bond motifs is 1. The topological polar surface area (TPSA) is 18.5 Å². The van der Waals surface area contributed by atoms with Crippen molar-refractivity contribution in [3.8, 4) is 0 Å². The summed E-state index contributed by atoms with van der Waals surface area (Å²) in [6, 6.07) is 0. The molecule has 58 valence electrons. The molecule has 0 radical (unpaired) electrons. The van der Waals surface area contributed by atoms with Crippen molar-refractivity contribution >= 4 is 0 Å². The van der Waals surface area contributed by atoms with Gasteiger partial charge in [0.05, 0.1) is 13.2 Å². The van der Waals surface area contributed by atoms with E-state index in [1.807, 2.05) is 13.8 Å². The van der Waals surface area contributed by atoms with Gasteiger partial charge in [-0.05, 0) is 32.1 Å². The fourth-order valence-corrected chi connectivity index (χ4v) is 1.38. The molecule has 2 unspecified atom stereocenters. The summed E-state index contributed by atoms with van der Waals surface area (Å²) in [6.07, 6.45) is 1.32. The first-order chi connectivity index (χ1) is 4.67. The van der Waals surface area contributed by atoms with Crippen molar-refractivity contribution in [3.63, 3.8) is 0 Å². The maximum absolute atomic E-state index is 5.52. The summed E-state index contributed by atoms with van der Waals surface area (Å²) in [7, 11) is 0. The van der Waals surface area contributed by atoms with Crippen LogP contribution in [0.3, 0.4) is 0 Å². The molecule has 2 rings (SSSR count). The maximum Gasteiger partial charge on any atom is 0.162 e. The zero-order valence-electron chi connectivity index (χ0n) is 6.59. The smallest absolute Gasteiger partial charge is 0.162 e. The Balaban J connectivity index is 1.96. The van der Waals surface area contributed by atoms with Crippen molar-refractivity contribution in [2.45, 2.75) is 26.1 Å². The molecule has 2 nitrogen and oxygen atoms in total. The summed E-state index contributed by atoms with van der Waals surface area (Å²) in [5.41, 5.74) is 0. The molecule has 0 spiro atoms. The van der Waals surface area contributed by atoms with E-state index in [1.165, 1.54) is 6.42 Å². The van der Waals surface area contributed by atoms with Gasteiger partial charge in [0.2, 0.25) is 0 Å². The van der Waals surface area contributed by atoms with E-state index in [0.29, 0.717) is 0 Å². The van der Waals surface area contributed by atoms with E-state index >= 15 is 0 Å². The Kier molecular flexibility index (Phi) is 1.29. The van der Waals surface area contributed by atoms with Crippen molar-refractivity contribution in [3.05, 3.63) is 0 Å². The maximum atomic E-state index is 5.52. The highest BCUT2D eigenvalue weighted by Crippen LogP contribution is 2.42. The first kappa shape index (κ1) is 6.62. The lowest BCUT2D eigenvalue weighted by Crippen LogP contribution is -2.27. The number of ether oxygens (including phenoxy) is 2. The van der Waals surface area contributed by atoms with E-state index in [-0.39, 0.29) is 5.79 Å². The molecular formula is C8H14O2. The molecule has 2 fully saturated rings. The minimum absolute atomic E-state index is 0.326. The molecule has 2 heteroatoms. The largest absolute Gasteiger partial charge is 0.350 e. The van der Waals surface area contributed by atoms with Gasteiger partial charge in [0, 0.05) is 0 Å². The summed E-state index contributed by atoms with van der Waals surface area (Å²) < 4.78 is 11.0. The molecule has 1 aliphatic carbocycles. The summed E-state index contributed by atoms with van der Waals surface area (Å²) >= 11 is 0. The van der Waals surface area contributed by atoms with Gasteiger partial charge in [-0.3, -0.25) is 0 Å². The first-order valence-corrected chi connectivity index (χ1v) is 3.95. The van der Waals surface area contributed by atoms with E-state index in [1.54, 1.807) is 0 Å². The highest BCUT2D eigenvalue weighted by atomic mass is 16.7. The molecule has 2 atom stereocenters. The van der Waals surface area contributed by atoms with Crippen LogP contribution in [-0.4, -0.2) is 19.0 Å². The Morgan fingerprint density at radius 1 is 1.10 bits per heavy atom. The highest BCUT2D eigenvalue weighted by molar-refractivity contribution is 4.88. The second-order valence-corrected chi connectivity index (χ2v) is 3.78. The monoisotopic (exact) mass is 142 g/mol. The molecule has 0 amide bonds. The molecule has 2 aliphatic rings. The van der Waals surface area contributed by atoms with Crippen LogP contribution in [0.25, 0.3) is 0 Å². The first-order valence-electron chi connectivity index (χ1n) is 3.95. The predicted molar refractivity (Wildman–Crippen MR) is 37.6 cm³/mol. The summed E-state index contributed by atoms with van der Waals surface area (Å²) in [6.45, 7) is 5.77. The standard InChI is InChI=1S/C8H14O2/c1-8(2)9-4-6-3-7(6)5-10-8/h6-7H,3-5H2,1-2H3. The minimum atomic E-state index is -0.326. The fraction of sp³-hybridized carbons (Fsp3) is 1.00. The highest BCUT2D eigenvalue weighted by Gasteiger charge is 2.42. The lowest BCUT2D eigenvalue weighted by atomic mass is 10.3. The Labute approximate surface area is 61.5 Å².